The Labute approximate surface area is 124 Å². The average molecular weight is 294 g/mol. The van der Waals surface area contributed by atoms with E-state index in [4.69, 9.17) is 10.6 Å². The molecule has 2 unspecified atom stereocenters. The fourth-order valence-corrected chi connectivity index (χ4v) is 4.67. The molecule has 1 aromatic heterocycles. The first-order chi connectivity index (χ1) is 9.83. The highest BCUT2D eigenvalue weighted by Crippen LogP contribution is 2.43. The van der Waals surface area contributed by atoms with Crippen LogP contribution in [0, 0.1) is 5.92 Å². The van der Waals surface area contributed by atoms with Gasteiger partial charge in [0, 0.05) is 12.8 Å². The summed E-state index contributed by atoms with van der Waals surface area (Å²) in [6.45, 7) is 0.839. The second-order valence-corrected chi connectivity index (χ2v) is 6.94. The van der Waals surface area contributed by atoms with Crippen LogP contribution in [0.4, 0.5) is 0 Å². The van der Waals surface area contributed by atoms with Crippen LogP contribution < -0.4 is 11.3 Å². The standard InChI is InChI=1S/C14H22N4OS/c15-18-13(12-1-5-16-17-10-12)11-2-6-19-14(9-11)3-7-20-8-4-14/h1,5,10-11,13,18H,2-4,6-9,15H2. The van der Waals surface area contributed by atoms with Gasteiger partial charge in [0.2, 0.25) is 0 Å². The van der Waals surface area contributed by atoms with Crippen molar-refractivity contribution < 1.29 is 4.74 Å². The van der Waals surface area contributed by atoms with E-state index in [-0.39, 0.29) is 11.6 Å². The van der Waals surface area contributed by atoms with Crippen LogP contribution in [0.25, 0.3) is 0 Å². The summed E-state index contributed by atoms with van der Waals surface area (Å²) in [6.07, 6.45) is 8.01. The topological polar surface area (TPSA) is 73.1 Å². The minimum Gasteiger partial charge on any atom is -0.375 e. The zero-order valence-electron chi connectivity index (χ0n) is 11.6. The van der Waals surface area contributed by atoms with E-state index in [0.29, 0.717) is 5.92 Å². The number of hydrogen-bond donors (Lipinski definition) is 2. The monoisotopic (exact) mass is 294 g/mol. The lowest BCUT2D eigenvalue weighted by Gasteiger charge is -2.45. The summed E-state index contributed by atoms with van der Waals surface area (Å²) in [7, 11) is 0. The molecule has 1 spiro atoms. The van der Waals surface area contributed by atoms with Gasteiger partial charge in [-0.25, -0.2) is 0 Å². The summed E-state index contributed by atoms with van der Waals surface area (Å²) in [6, 6.07) is 2.14. The van der Waals surface area contributed by atoms with Crippen molar-refractivity contribution in [1.29, 1.82) is 0 Å². The summed E-state index contributed by atoms with van der Waals surface area (Å²) in [4.78, 5) is 0. The van der Waals surface area contributed by atoms with Crippen LogP contribution in [-0.2, 0) is 4.74 Å². The van der Waals surface area contributed by atoms with Crippen LogP contribution in [0.3, 0.4) is 0 Å². The highest BCUT2D eigenvalue weighted by atomic mass is 32.2. The summed E-state index contributed by atoms with van der Waals surface area (Å²) in [5, 5.41) is 7.82. The van der Waals surface area contributed by atoms with Crippen LogP contribution in [-0.4, -0.2) is 33.9 Å². The Balaban J connectivity index is 1.75. The van der Waals surface area contributed by atoms with Gasteiger partial charge in [-0.15, -0.1) is 0 Å². The van der Waals surface area contributed by atoms with Crippen LogP contribution >= 0.6 is 11.8 Å². The number of thioether (sulfide) groups is 1. The molecule has 6 heteroatoms. The molecule has 3 N–H and O–H groups in total. The van der Waals surface area contributed by atoms with Gasteiger partial charge in [0.05, 0.1) is 17.8 Å². The molecule has 5 nitrogen and oxygen atoms in total. The van der Waals surface area contributed by atoms with E-state index in [1.54, 1.807) is 6.20 Å². The van der Waals surface area contributed by atoms with Gasteiger partial charge < -0.3 is 4.74 Å². The van der Waals surface area contributed by atoms with E-state index in [2.05, 4.69) is 15.6 Å². The SMILES string of the molecule is NNC(c1ccnnc1)C1CCOC2(CCSCC2)C1. The van der Waals surface area contributed by atoms with Crippen LogP contribution in [0.2, 0.25) is 0 Å². The molecule has 0 bridgehead atoms. The number of aromatic nitrogens is 2. The molecule has 0 radical (unpaired) electrons. The molecule has 3 rings (SSSR count). The van der Waals surface area contributed by atoms with E-state index >= 15 is 0 Å². The Morgan fingerprint density at radius 3 is 2.95 bits per heavy atom. The highest BCUT2D eigenvalue weighted by molar-refractivity contribution is 7.99. The van der Waals surface area contributed by atoms with E-state index in [9.17, 15) is 0 Å². The van der Waals surface area contributed by atoms with Crippen LogP contribution in [0.15, 0.2) is 18.5 Å². The third-order valence-electron chi connectivity index (χ3n) is 4.55. The predicted molar refractivity (Wildman–Crippen MR) is 80.1 cm³/mol. The van der Waals surface area contributed by atoms with Gasteiger partial charge >= 0.3 is 0 Å². The quantitative estimate of drug-likeness (QED) is 0.652. The maximum atomic E-state index is 6.16. The number of ether oxygens (including phenoxy) is 1. The van der Waals surface area contributed by atoms with Gasteiger partial charge in [-0.05, 0) is 54.7 Å². The van der Waals surface area contributed by atoms with Crippen molar-refractivity contribution in [2.45, 2.75) is 37.3 Å². The Kier molecular flexibility index (Phi) is 4.55. The van der Waals surface area contributed by atoms with Crippen molar-refractivity contribution >= 4 is 11.8 Å². The Morgan fingerprint density at radius 1 is 1.40 bits per heavy atom. The van der Waals surface area contributed by atoms with Crippen molar-refractivity contribution in [3.63, 3.8) is 0 Å². The zero-order valence-corrected chi connectivity index (χ0v) is 12.4. The molecule has 1 aromatic rings. The minimum absolute atomic E-state index is 0.0870. The first-order valence-electron chi connectivity index (χ1n) is 7.27. The first-order valence-corrected chi connectivity index (χ1v) is 8.43. The molecular formula is C14H22N4OS. The number of hydrogen-bond acceptors (Lipinski definition) is 6. The molecule has 2 aliphatic rings. The van der Waals surface area contributed by atoms with E-state index in [1.807, 2.05) is 24.0 Å². The zero-order chi connectivity index (χ0) is 13.8. The maximum Gasteiger partial charge on any atom is 0.0701 e. The first kappa shape index (κ1) is 14.3. The van der Waals surface area contributed by atoms with E-state index in [0.717, 1.165) is 25.0 Å². The second-order valence-electron chi connectivity index (χ2n) is 5.72. The third kappa shape index (κ3) is 2.98. The molecule has 20 heavy (non-hydrogen) atoms. The Hall–Kier alpha value is -0.690. The van der Waals surface area contributed by atoms with Crippen molar-refractivity contribution in [1.82, 2.24) is 15.6 Å². The second kappa shape index (κ2) is 6.39. The summed E-state index contributed by atoms with van der Waals surface area (Å²) < 4.78 is 6.16. The average Bonchev–Trinajstić information content (AvgIpc) is 2.50. The largest absolute Gasteiger partial charge is 0.375 e. The number of nitrogens with one attached hydrogen (secondary N) is 1. The summed E-state index contributed by atoms with van der Waals surface area (Å²) >= 11 is 2.04. The molecule has 2 saturated heterocycles. The van der Waals surface area contributed by atoms with Crippen molar-refractivity contribution in [2.24, 2.45) is 11.8 Å². The normalized spacial score (nSPS) is 27.4. The molecule has 0 aliphatic carbocycles. The molecule has 2 aliphatic heterocycles. The number of hydrazine groups is 1. The number of rotatable bonds is 3. The molecule has 110 valence electrons. The summed E-state index contributed by atoms with van der Waals surface area (Å²) in [5.41, 5.74) is 4.19. The van der Waals surface area contributed by atoms with E-state index < -0.39 is 0 Å². The minimum atomic E-state index is 0.0870. The highest BCUT2D eigenvalue weighted by Gasteiger charge is 2.41. The third-order valence-corrected chi connectivity index (χ3v) is 5.54. The van der Waals surface area contributed by atoms with Gasteiger partial charge in [-0.1, -0.05) is 0 Å². The van der Waals surface area contributed by atoms with Crippen molar-refractivity contribution in [3.8, 4) is 0 Å². The maximum absolute atomic E-state index is 6.16. The predicted octanol–water partition coefficient (Wildman–Crippen LogP) is 1.67. The molecule has 3 heterocycles. The fraction of sp³-hybridized carbons (Fsp3) is 0.714. The molecule has 0 saturated carbocycles. The van der Waals surface area contributed by atoms with Gasteiger partial charge in [-0.3, -0.25) is 11.3 Å². The molecular weight excluding hydrogens is 272 g/mol. The summed E-state index contributed by atoms with van der Waals surface area (Å²) in [5.74, 6) is 8.74. The molecule has 0 amide bonds. The smallest absolute Gasteiger partial charge is 0.0701 e. The van der Waals surface area contributed by atoms with E-state index in [1.165, 1.54) is 24.3 Å². The van der Waals surface area contributed by atoms with Crippen LogP contribution in [0.5, 0.6) is 0 Å². The van der Waals surface area contributed by atoms with Gasteiger partial charge in [0.25, 0.3) is 0 Å². The van der Waals surface area contributed by atoms with Crippen LogP contribution in [0.1, 0.15) is 37.3 Å². The molecule has 0 aromatic carbocycles. The van der Waals surface area contributed by atoms with Crippen molar-refractivity contribution in [2.75, 3.05) is 18.1 Å². The van der Waals surface area contributed by atoms with Gasteiger partial charge in [-0.2, -0.15) is 22.0 Å². The lowest BCUT2D eigenvalue weighted by molar-refractivity contribution is -0.107. The van der Waals surface area contributed by atoms with Gasteiger partial charge in [0.15, 0.2) is 0 Å². The molecule has 2 atom stereocenters. The van der Waals surface area contributed by atoms with Gasteiger partial charge in [0.1, 0.15) is 0 Å². The molecule has 2 fully saturated rings. The number of nitrogens with two attached hydrogens (primary N) is 1. The Bertz CT molecular complexity index is 419. The van der Waals surface area contributed by atoms with Crippen molar-refractivity contribution in [3.05, 3.63) is 24.0 Å². The number of nitrogens with zero attached hydrogens (tertiary/aromatic N) is 2. The lowest BCUT2D eigenvalue weighted by atomic mass is 9.77. The lowest BCUT2D eigenvalue weighted by Crippen LogP contribution is -2.46. The Morgan fingerprint density at radius 2 is 2.25 bits per heavy atom. The fourth-order valence-electron chi connectivity index (χ4n) is 3.43.